The van der Waals surface area contributed by atoms with Gasteiger partial charge in [-0.15, -0.1) is 0 Å². The smallest absolute Gasteiger partial charge is 0.164 e. The van der Waals surface area contributed by atoms with Gasteiger partial charge in [0.1, 0.15) is 11.6 Å². The normalized spacial score (nSPS) is 12.0. The Morgan fingerprint density at radius 2 is 2.05 bits per heavy atom. The molecule has 0 amide bonds. The third-order valence-electron chi connectivity index (χ3n) is 3.29. The third-order valence-corrected chi connectivity index (χ3v) is 3.87. The van der Waals surface area contributed by atoms with E-state index in [1.165, 1.54) is 0 Å². The molecule has 4 nitrogen and oxygen atoms in total. The van der Waals surface area contributed by atoms with Crippen LogP contribution in [0.25, 0.3) is 11.0 Å². The largest absolute Gasteiger partial charge is 0.454 e. The molecule has 110 valence electrons. The second kappa shape index (κ2) is 5.36. The molecule has 2 N–H and O–H groups in total. The number of hydrogen-bond donors (Lipinski definition) is 2. The van der Waals surface area contributed by atoms with Gasteiger partial charge in [-0.1, -0.05) is 20.8 Å². The van der Waals surface area contributed by atoms with Gasteiger partial charge in [-0.25, -0.2) is 4.98 Å². The molecule has 0 spiro atoms. The van der Waals surface area contributed by atoms with Gasteiger partial charge in [0.15, 0.2) is 3.77 Å². The summed E-state index contributed by atoms with van der Waals surface area (Å²) in [4.78, 5) is 8.05. The summed E-state index contributed by atoms with van der Waals surface area (Å²) in [5.74, 6) is 1.94. The van der Waals surface area contributed by atoms with E-state index in [9.17, 15) is 0 Å². The van der Waals surface area contributed by atoms with Crippen molar-refractivity contribution in [3.8, 4) is 0 Å². The number of furan rings is 1. The first kappa shape index (κ1) is 14.4. The quantitative estimate of drug-likeness (QED) is 0.634. The fraction of sp³-hybridized carbons (Fsp3) is 0.312. The second-order valence-corrected chi connectivity index (χ2v) is 7.19. The molecule has 2 aromatic heterocycles. The SMILES string of the molecule is CC(C)(C)c1nc2ccc(NCc3ccc(I)o3)cc2[nH]1. The lowest BCUT2D eigenvalue weighted by Crippen LogP contribution is -2.12. The Morgan fingerprint density at radius 3 is 2.71 bits per heavy atom. The van der Waals surface area contributed by atoms with Gasteiger partial charge >= 0.3 is 0 Å². The Labute approximate surface area is 137 Å². The number of fused-ring (bicyclic) bond motifs is 1. The molecule has 0 saturated heterocycles. The average Bonchev–Trinajstić information content (AvgIpc) is 3.01. The number of H-pyrrole nitrogens is 1. The molecule has 0 aliphatic heterocycles. The minimum Gasteiger partial charge on any atom is -0.454 e. The molecule has 0 atom stereocenters. The highest BCUT2D eigenvalue weighted by molar-refractivity contribution is 14.1. The summed E-state index contributed by atoms with van der Waals surface area (Å²) in [5, 5.41) is 3.37. The number of benzene rings is 1. The zero-order valence-corrected chi connectivity index (χ0v) is 14.5. The van der Waals surface area contributed by atoms with Crippen LogP contribution in [0, 0.1) is 3.77 Å². The molecular weight excluding hydrogens is 377 g/mol. The summed E-state index contributed by atoms with van der Waals surface area (Å²) >= 11 is 2.17. The summed E-state index contributed by atoms with van der Waals surface area (Å²) in [6.45, 7) is 7.14. The van der Waals surface area contributed by atoms with Crippen LogP contribution in [0.15, 0.2) is 34.7 Å². The van der Waals surface area contributed by atoms with Gasteiger partial charge in [0.05, 0.1) is 17.6 Å². The van der Waals surface area contributed by atoms with Gasteiger partial charge in [-0.3, -0.25) is 0 Å². The molecular formula is C16H18IN3O. The summed E-state index contributed by atoms with van der Waals surface area (Å²) in [5.41, 5.74) is 3.13. The van der Waals surface area contributed by atoms with Gasteiger partial charge in [-0.2, -0.15) is 0 Å². The maximum Gasteiger partial charge on any atom is 0.164 e. The van der Waals surface area contributed by atoms with Gasteiger partial charge in [0.25, 0.3) is 0 Å². The monoisotopic (exact) mass is 395 g/mol. The Bertz CT molecular complexity index is 767. The van der Waals surface area contributed by atoms with Gasteiger partial charge in [0.2, 0.25) is 0 Å². The number of aromatic amines is 1. The number of nitrogens with zero attached hydrogens (tertiary/aromatic N) is 1. The molecule has 2 heterocycles. The standard InChI is InChI=1S/C16H18IN3O/c1-16(2,3)15-19-12-6-4-10(8-13(12)20-15)18-9-11-5-7-14(17)21-11/h4-8,18H,9H2,1-3H3,(H,19,20). The zero-order chi connectivity index (χ0) is 15.0. The van der Waals surface area contributed by atoms with Crippen molar-refractivity contribution in [3.63, 3.8) is 0 Å². The van der Waals surface area contributed by atoms with Crippen LogP contribution in [0.5, 0.6) is 0 Å². The third kappa shape index (κ3) is 3.23. The van der Waals surface area contributed by atoms with E-state index >= 15 is 0 Å². The number of imidazole rings is 1. The summed E-state index contributed by atoms with van der Waals surface area (Å²) < 4.78 is 6.45. The number of aromatic nitrogens is 2. The molecule has 0 saturated carbocycles. The molecule has 21 heavy (non-hydrogen) atoms. The van der Waals surface area contributed by atoms with Crippen LogP contribution in [0.2, 0.25) is 0 Å². The summed E-state index contributed by atoms with van der Waals surface area (Å²) in [7, 11) is 0. The molecule has 0 bridgehead atoms. The molecule has 3 rings (SSSR count). The fourth-order valence-electron chi connectivity index (χ4n) is 2.11. The summed E-state index contributed by atoms with van der Waals surface area (Å²) in [6, 6.07) is 10.1. The number of halogens is 1. The van der Waals surface area contributed by atoms with Crippen molar-refractivity contribution in [1.29, 1.82) is 0 Å². The molecule has 0 radical (unpaired) electrons. The maximum absolute atomic E-state index is 5.55. The lowest BCUT2D eigenvalue weighted by Gasteiger charge is -2.13. The van der Waals surface area contributed by atoms with Crippen LogP contribution in [0.3, 0.4) is 0 Å². The van der Waals surface area contributed by atoms with Gasteiger partial charge in [0, 0.05) is 11.1 Å². The highest BCUT2D eigenvalue weighted by Crippen LogP contribution is 2.24. The van der Waals surface area contributed by atoms with E-state index in [-0.39, 0.29) is 5.41 Å². The van der Waals surface area contributed by atoms with Crippen molar-refractivity contribution >= 4 is 39.3 Å². The van der Waals surface area contributed by atoms with E-state index < -0.39 is 0 Å². The highest BCUT2D eigenvalue weighted by Gasteiger charge is 2.18. The lowest BCUT2D eigenvalue weighted by atomic mass is 9.96. The molecule has 1 aromatic carbocycles. The number of anilines is 1. The van der Waals surface area contributed by atoms with E-state index in [2.05, 4.69) is 64.7 Å². The number of hydrogen-bond acceptors (Lipinski definition) is 3. The minimum absolute atomic E-state index is 0.0253. The first-order valence-corrected chi connectivity index (χ1v) is 7.98. The molecule has 0 aliphatic rings. The van der Waals surface area contributed by atoms with Crippen molar-refractivity contribution in [3.05, 3.63) is 45.7 Å². The first-order chi connectivity index (χ1) is 9.91. The minimum atomic E-state index is 0.0253. The maximum atomic E-state index is 5.55. The highest BCUT2D eigenvalue weighted by atomic mass is 127. The predicted molar refractivity (Wildman–Crippen MR) is 93.5 cm³/mol. The molecule has 3 aromatic rings. The fourth-order valence-corrected chi connectivity index (χ4v) is 2.57. The second-order valence-electron chi connectivity index (χ2n) is 6.13. The number of rotatable bonds is 3. The Hall–Kier alpha value is -1.50. The van der Waals surface area contributed by atoms with Crippen molar-refractivity contribution in [2.75, 3.05) is 5.32 Å². The van der Waals surface area contributed by atoms with Crippen LogP contribution in [0.4, 0.5) is 5.69 Å². The summed E-state index contributed by atoms with van der Waals surface area (Å²) in [6.07, 6.45) is 0. The van der Waals surface area contributed by atoms with Gasteiger partial charge < -0.3 is 14.7 Å². The average molecular weight is 395 g/mol. The van der Waals surface area contributed by atoms with Gasteiger partial charge in [-0.05, 0) is 52.9 Å². The Morgan fingerprint density at radius 1 is 1.24 bits per heavy atom. The van der Waals surface area contributed by atoms with Crippen LogP contribution in [-0.2, 0) is 12.0 Å². The van der Waals surface area contributed by atoms with Crippen molar-refractivity contribution in [2.45, 2.75) is 32.7 Å². The molecule has 5 heteroatoms. The van der Waals surface area contributed by atoms with Crippen LogP contribution >= 0.6 is 22.6 Å². The van der Waals surface area contributed by atoms with E-state index in [4.69, 9.17) is 4.42 Å². The number of nitrogens with one attached hydrogen (secondary N) is 2. The van der Waals surface area contributed by atoms with E-state index in [1.807, 2.05) is 24.3 Å². The molecule has 0 fully saturated rings. The molecule has 0 aliphatic carbocycles. The van der Waals surface area contributed by atoms with Crippen LogP contribution in [-0.4, -0.2) is 9.97 Å². The zero-order valence-electron chi connectivity index (χ0n) is 12.3. The Balaban J connectivity index is 1.80. The van der Waals surface area contributed by atoms with Crippen molar-refractivity contribution in [1.82, 2.24) is 9.97 Å². The van der Waals surface area contributed by atoms with Crippen molar-refractivity contribution in [2.24, 2.45) is 0 Å². The molecule has 0 unspecified atom stereocenters. The lowest BCUT2D eigenvalue weighted by molar-refractivity contribution is 0.493. The topological polar surface area (TPSA) is 53.9 Å². The first-order valence-electron chi connectivity index (χ1n) is 6.90. The van der Waals surface area contributed by atoms with Crippen LogP contribution in [0.1, 0.15) is 32.4 Å². The van der Waals surface area contributed by atoms with Crippen molar-refractivity contribution < 1.29 is 4.42 Å². The van der Waals surface area contributed by atoms with E-state index in [1.54, 1.807) is 0 Å². The van der Waals surface area contributed by atoms with E-state index in [0.717, 1.165) is 32.1 Å². The van der Waals surface area contributed by atoms with Crippen LogP contribution < -0.4 is 5.32 Å². The van der Waals surface area contributed by atoms with E-state index in [0.29, 0.717) is 6.54 Å². The Kier molecular flexibility index (Phi) is 3.69. The predicted octanol–water partition coefficient (Wildman–Crippen LogP) is 4.67.